The summed E-state index contributed by atoms with van der Waals surface area (Å²) < 4.78 is 0. The minimum atomic E-state index is -0.0710. The minimum Gasteiger partial charge on any atom is -0.392 e. The van der Waals surface area contributed by atoms with Gasteiger partial charge in [0.2, 0.25) is 0 Å². The maximum Gasteiger partial charge on any atom is 0.176 e. The summed E-state index contributed by atoms with van der Waals surface area (Å²) in [5, 5.41) is 16.0. The lowest BCUT2D eigenvalue weighted by molar-refractivity contribution is 0.0934. The number of hydrogen-bond donors (Lipinski definition) is 2. The molecule has 38 heavy (non-hydrogen) atoms. The lowest BCUT2D eigenvalue weighted by atomic mass is 9.93. The van der Waals surface area contributed by atoms with Gasteiger partial charge in [0.25, 0.3) is 0 Å². The smallest absolute Gasteiger partial charge is 0.176 e. The molecule has 2 unspecified atom stereocenters. The first-order valence-corrected chi connectivity index (χ1v) is 13.7. The number of nitrogens with one attached hydrogen (secondary N) is 1. The van der Waals surface area contributed by atoms with Crippen molar-refractivity contribution in [3.8, 4) is 0 Å². The van der Waals surface area contributed by atoms with Crippen molar-refractivity contribution in [2.24, 2.45) is 0 Å². The zero-order chi connectivity index (χ0) is 26.6. The van der Waals surface area contributed by atoms with Crippen molar-refractivity contribution in [1.29, 1.82) is 0 Å². The Kier molecular flexibility index (Phi) is 8.42. The molecule has 3 aromatic carbocycles. The number of fused-ring (bicyclic) bond motifs is 2. The van der Waals surface area contributed by atoms with Crippen molar-refractivity contribution in [2.45, 2.75) is 45.0 Å². The van der Waals surface area contributed by atoms with Crippen LogP contribution in [0.1, 0.15) is 52.0 Å². The molecule has 7 heteroatoms. The molecule has 0 radical (unpaired) electrons. The summed E-state index contributed by atoms with van der Waals surface area (Å²) in [6.45, 7) is 3.81. The van der Waals surface area contributed by atoms with Crippen LogP contribution in [0.15, 0.2) is 72.8 Å². The second kappa shape index (κ2) is 11.9. The number of ketones is 1. The molecule has 1 aromatic heterocycles. The van der Waals surface area contributed by atoms with Gasteiger partial charge < -0.3 is 5.11 Å². The summed E-state index contributed by atoms with van der Waals surface area (Å²) in [4.78, 5) is 20.2. The van der Waals surface area contributed by atoms with E-state index in [4.69, 9.17) is 28.2 Å². The van der Waals surface area contributed by atoms with Gasteiger partial charge in [-0.3, -0.25) is 20.0 Å². The normalized spacial score (nSPS) is 15.3. The standard InChI is InChI=1S/C31H31Cl2N3O2/c1-20(22-11-12-26(32)27(33)16-22)15-31(34-17-30(38)21-7-3-2-4-8-21)36-14-13-29-24(18-36)25(19-37)23-9-5-6-10-28(23)35-29/h2-12,16,20,31,34,37H,13-15,17-19H2,1H3. The van der Waals surface area contributed by atoms with Gasteiger partial charge in [0, 0.05) is 36.2 Å². The number of nitrogens with zero attached hydrogens (tertiary/aromatic N) is 2. The lowest BCUT2D eigenvalue weighted by Crippen LogP contribution is -2.50. The van der Waals surface area contributed by atoms with E-state index < -0.39 is 0 Å². The third-order valence-electron chi connectivity index (χ3n) is 7.48. The quantitative estimate of drug-likeness (QED) is 0.238. The van der Waals surface area contributed by atoms with Crippen LogP contribution in [0.2, 0.25) is 10.0 Å². The summed E-state index contributed by atoms with van der Waals surface area (Å²) >= 11 is 12.5. The zero-order valence-electron chi connectivity index (χ0n) is 21.3. The van der Waals surface area contributed by atoms with Crippen molar-refractivity contribution < 1.29 is 9.90 Å². The first kappa shape index (κ1) is 26.8. The van der Waals surface area contributed by atoms with Gasteiger partial charge >= 0.3 is 0 Å². The van der Waals surface area contributed by atoms with Gasteiger partial charge in [-0.25, -0.2) is 0 Å². The fourth-order valence-electron chi connectivity index (χ4n) is 5.34. The third kappa shape index (κ3) is 5.78. The van der Waals surface area contributed by atoms with Crippen LogP contribution >= 0.6 is 23.2 Å². The number of aliphatic hydroxyl groups is 1. The number of hydrogen-bond acceptors (Lipinski definition) is 5. The number of benzene rings is 3. The topological polar surface area (TPSA) is 65.5 Å². The molecular formula is C31H31Cl2N3O2. The summed E-state index contributed by atoms with van der Waals surface area (Å²) in [6, 6.07) is 23.1. The molecule has 0 spiro atoms. The molecule has 1 aliphatic rings. The van der Waals surface area contributed by atoms with Gasteiger partial charge in [-0.05, 0) is 47.2 Å². The molecule has 0 fully saturated rings. The van der Waals surface area contributed by atoms with E-state index in [1.165, 1.54) is 0 Å². The van der Waals surface area contributed by atoms with Gasteiger partial charge in [-0.2, -0.15) is 0 Å². The van der Waals surface area contributed by atoms with Crippen LogP contribution in [-0.2, 0) is 19.6 Å². The van der Waals surface area contributed by atoms with Crippen LogP contribution in [0.3, 0.4) is 0 Å². The average Bonchev–Trinajstić information content (AvgIpc) is 2.95. The average molecular weight is 549 g/mol. The Bertz CT molecular complexity index is 1440. The van der Waals surface area contributed by atoms with Gasteiger partial charge in [0.15, 0.2) is 5.78 Å². The third-order valence-corrected chi connectivity index (χ3v) is 8.22. The highest BCUT2D eigenvalue weighted by molar-refractivity contribution is 6.42. The molecule has 0 aliphatic carbocycles. The van der Waals surface area contributed by atoms with Crippen molar-refractivity contribution in [1.82, 2.24) is 15.2 Å². The first-order chi connectivity index (χ1) is 18.4. The number of rotatable bonds is 9. The monoisotopic (exact) mass is 547 g/mol. The van der Waals surface area contributed by atoms with Gasteiger partial charge in [-0.1, -0.05) is 84.7 Å². The Morgan fingerprint density at radius 1 is 1.05 bits per heavy atom. The predicted octanol–water partition coefficient (Wildman–Crippen LogP) is 6.38. The van der Waals surface area contributed by atoms with E-state index in [0.717, 1.165) is 52.7 Å². The molecule has 196 valence electrons. The maximum absolute atomic E-state index is 13.0. The number of aromatic nitrogens is 1. The Hall–Kier alpha value is -2.80. The largest absolute Gasteiger partial charge is 0.392 e. The van der Waals surface area contributed by atoms with Crippen molar-refractivity contribution >= 4 is 39.9 Å². The van der Waals surface area contributed by atoms with E-state index in [0.29, 0.717) is 22.2 Å². The van der Waals surface area contributed by atoms with Crippen LogP contribution in [0.5, 0.6) is 0 Å². The molecule has 1 aliphatic heterocycles. The van der Waals surface area contributed by atoms with E-state index in [1.807, 2.05) is 72.8 Å². The molecule has 0 bridgehead atoms. The van der Waals surface area contributed by atoms with Crippen LogP contribution in [0.25, 0.3) is 10.9 Å². The minimum absolute atomic E-state index is 0.0382. The highest BCUT2D eigenvalue weighted by atomic mass is 35.5. The molecule has 0 amide bonds. The molecular weight excluding hydrogens is 517 g/mol. The number of halogens is 2. The van der Waals surface area contributed by atoms with Crippen LogP contribution in [-0.4, -0.2) is 40.0 Å². The number of carbonyl (C=O) groups excluding carboxylic acids is 1. The van der Waals surface area contributed by atoms with E-state index in [-0.39, 0.29) is 31.0 Å². The molecule has 5 rings (SSSR count). The molecule has 2 N–H and O–H groups in total. The molecule has 5 nitrogen and oxygen atoms in total. The number of aliphatic hydroxyl groups excluding tert-OH is 1. The first-order valence-electron chi connectivity index (χ1n) is 13.0. The number of para-hydroxylation sites is 1. The van der Waals surface area contributed by atoms with Crippen LogP contribution < -0.4 is 5.32 Å². The molecule has 0 saturated heterocycles. The van der Waals surface area contributed by atoms with Crippen molar-refractivity contribution in [2.75, 3.05) is 13.1 Å². The summed E-state index contributed by atoms with van der Waals surface area (Å²) in [5.74, 6) is 0.224. The lowest BCUT2D eigenvalue weighted by Gasteiger charge is -2.38. The Balaban J connectivity index is 1.42. The molecule has 2 atom stereocenters. The summed E-state index contributed by atoms with van der Waals surface area (Å²) in [5.41, 5.74) is 5.77. The van der Waals surface area contributed by atoms with Gasteiger partial charge in [0.1, 0.15) is 0 Å². The Labute approximate surface area is 233 Å². The van der Waals surface area contributed by atoms with E-state index in [2.05, 4.69) is 17.1 Å². The van der Waals surface area contributed by atoms with Crippen LogP contribution in [0, 0.1) is 0 Å². The Morgan fingerprint density at radius 3 is 2.58 bits per heavy atom. The Morgan fingerprint density at radius 2 is 1.82 bits per heavy atom. The molecule has 4 aromatic rings. The zero-order valence-corrected chi connectivity index (χ0v) is 22.8. The second-order valence-corrected chi connectivity index (χ2v) is 10.7. The summed E-state index contributed by atoms with van der Waals surface area (Å²) in [7, 11) is 0. The van der Waals surface area contributed by atoms with Crippen LogP contribution in [0.4, 0.5) is 0 Å². The SMILES string of the molecule is CC(CC(NCC(=O)c1ccccc1)N1CCc2nc3ccccc3c(CO)c2C1)c1ccc(Cl)c(Cl)c1. The second-order valence-electron chi connectivity index (χ2n) is 9.91. The van der Waals surface area contributed by atoms with Gasteiger partial charge in [0.05, 0.1) is 34.9 Å². The fraction of sp³-hybridized carbons (Fsp3) is 0.290. The highest BCUT2D eigenvalue weighted by Gasteiger charge is 2.29. The number of Topliss-reactive ketones (excluding diaryl/α,β-unsaturated/α-hetero) is 1. The summed E-state index contributed by atoms with van der Waals surface area (Å²) in [6.07, 6.45) is 1.47. The highest BCUT2D eigenvalue weighted by Crippen LogP contribution is 2.32. The predicted molar refractivity (Wildman–Crippen MR) is 154 cm³/mol. The number of pyridine rings is 1. The molecule has 2 heterocycles. The van der Waals surface area contributed by atoms with Gasteiger partial charge in [-0.15, -0.1) is 0 Å². The van der Waals surface area contributed by atoms with E-state index in [1.54, 1.807) is 0 Å². The van der Waals surface area contributed by atoms with E-state index in [9.17, 15) is 9.90 Å². The fourth-order valence-corrected chi connectivity index (χ4v) is 5.64. The number of carbonyl (C=O) groups is 1. The van der Waals surface area contributed by atoms with Crippen molar-refractivity contribution in [3.05, 3.63) is 111 Å². The van der Waals surface area contributed by atoms with E-state index >= 15 is 0 Å². The van der Waals surface area contributed by atoms with Crippen molar-refractivity contribution in [3.63, 3.8) is 0 Å². The molecule has 0 saturated carbocycles. The maximum atomic E-state index is 13.0.